The van der Waals surface area contributed by atoms with Crippen LogP contribution in [0.25, 0.3) is 0 Å². The Labute approximate surface area is 106 Å². The first-order chi connectivity index (χ1) is 8.65. The van der Waals surface area contributed by atoms with E-state index in [0.29, 0.717) is 18.4 Å². The molecule has 1 saturated heterocycles. The van der Waals surface area contributed by atoms with E-state index in [4.69, 9.17) is 5.11 Å². The number of rotatable bonds is 5. The average molecular weight is 250 g/mol. The molecule has 0 spiro atoms. The van der Waals surface area contributed by atoms with Gasteiger partial charge in [0.15, 0.2) is 0 Å². The van der Waals surface area contributed by atoms with Crippen LogP contribution in [0.5, 0.6) is 0 Å². The fraction of sp³-hybridized carbons (Fsp3) is 0.583. The maximum absolute atomic E-state index is 10.4. The fourth-order valence-electron chi connectivity index (χ4n) is 2.13. The van der Waals surface area contributed by atoms with Crippen LogP contribution in [0.2, 0.25) is 0 Å². The van der Waals surface area contributed by atoms with Crippen LogP contribution in [0.1, 0.15) is 24.3 Å². The van der Waals surface area contributed by atoms with Crippen molar-refractivity contribution in [3.05, 3.63) is 18.0 Å². The van der Waals surface area contributed by atoms with Crippen molar-refractivity contribution in [3.63, 3.8) is 0 Å². The van der Waals surface area contributed by atoms with Crippen LogP contribution in [0.3, 0.4) is 0 Å². The van der Waals surface area contributed by atoms with Gasteiger partial charge in [-0.05, 0) is 25.6 Å². The molecule has 0 radical (unpaired) electrons. The Morgan fingerprint density at radius 3 is 2.83 bits per heavy atom. The molecule has 0 aromatic carbocycles. The van der Waals surface area contributed by atoms with E-state index in [1.807, 2.05) is 12.4 Å². The summed E-state index contributed by atoms with van der Waals surface area (Å²) in [6, 6.07) is 0. The van der Waals surface area contributed by atoms with Crippen LogP contribution in [-0.4, -0.2) is 52.6 Å². The van der Waals surface area contributed by atoms with Gasteiger partial charge in [0.25, 0.3) is 0 Å². The van der Waals surface area contributed by atoms with E-state index in [1.54, 1.807) is 0 Å². The smallest absolute Gasteiger partial charge is 0.305 e. The molecule has 98 valence electrons. The van der Waals surface area contributed by atoms with Gasteiger partial charge in [0, 0.05) is 31.4 Å². The molecule has 0 saturated carbocycles. The average Bonchev–Trinajstić information content (AvgIpc) is 2.76. The van der Waals surface area contributed by atoms with Crippen molar-refractivity contribution in [1.29, 1.82) is 0 Å². The minimum Gasteiger partial charge on any atom is -0.481 e. The molecule has 6 nitrogen and oxygen atoms in total. The number of carboxylic acid groups (broad SMARTS) is 1. The second-order valence-electron chi connectivity index (χ2n) is 4.66. The minimum atomic E-state index is -0.826. The molecular formula is C12H18N4O2. The monoisotopic (exact) mass is 250 g/mol. The quantitative estimate of drug-likeness (QED) is 0.804. The molecule has 6 heteroatoms. The Morgan fingerprint density at radius 2 is 2.28 bits per heavy atom. The summed E-state index contributed by atoms with van der Waals surface area (Å²) in [6.45, 7) is 2.51. The SMILES string of the molecule is CN1CCC(c2cnc(NCCC(=O)O)nc2)C1. The van der Waals surface area contributed by atoms with Crippen molar-refractivity contribution < 1.29 is 9.90 Å². The zero-order valence-electron chi connectivity index (χ0n) is 10.5. The molecule has 1 aromatic heterocycles. The highest BCUT2D eigenvalue weighted by molar-refractivity contribution is 5.67. The summed E-state index contributed by atoms with van der Waals surface area (Å²) in [5.74, 6) is 0.183. The summed E-state index contributed by atoms with van der Waals surface area (Å²) in [6.07, 6.45) is 4.88. The van der Waals surface area contributed by atoms with E-state index < -0.39 is 5.97 Å². The standard InChI is InChI=1S/C12H18N4O2/c1-16-5-3-9(8-16)10-6-14-12(15-7-10)13-4-2-11(17)18/h6-7,9H,2-5,8H2,1H3,(H,17,18)(H,13,14,15). The van der Waals surface area contributed by atoms with Gasteiger partial charge in [-0.15, -0.1) is 0 Å². The molecule has 2 N–H and O–H groups in total. The summed E-state index contributed by atoms with van der Waals surface area (Å²) in [5.41, 5.74) is 1.16. The largest absolute Gasteiger partial charge is 0.481 e. The van der Waals surface area contributed by atoms with Gasteiger partial charge in [-0.2, -0.15) is 0 Å². The molecule has 1 aromatic rings. The summed E-state index contributed by atoms with van der Waals surface area (Å²) < 4.78 is 0. The number of aliphatic carboxylic acids is 1. The lowest BCUT2D eigenvalue weighted by molar-refractivity contribution is -0.136. The lowest BCUT2D eigenvalue weighted by Crippen LogP contribution is -2.14. The van der Waals surface area contributed by atoms with Crippen LogP contribution in [0, 0.1) is 0 Å². The molecule has 1 aliphatic rings. The molecule has 1 aliphatic heterocycles. The highest BCUT2D eigenvalue weighted by atomic mass is 16.4. The summed E-state index contributed by atoms with van der Waals surface area (Å²) in [5, 5.41) is 11.4. The lowest BCUT2D eigenvalue weighted by Gasteiger charge is -2.10. The summed E-state index contributed by atoms with van der Waals surface area (Å²) in [7, 11) is 2.11. The van der Waals surface area contributed by atoms with E-state index >= 15 is 0 Å². The molecule has 2 rings (SSSR count). The van der Waals surface area contributed by atoms with Crippen LogP contribution < -0.4 is 5.32 Å². The Kier molecular flexibility index (Phi) is 4.09. The third-order valence-corrected chi connectivity index (χ3v) is 3.16. The predicted molar refractivity (Wildman–Crippen MR) is 67.6 cm³/mol. The third kappa shape index (κ3) is 3.40. The van der Waals surface area contributed by atoms with Crippen molar-refractivity contribution in [3.8, 4) is 0 Å². The van der Waals surface area contributed by atoms with Crippen LogP contribution in [0.4, 0.5) is 5.95 Å². The minimum absolute atomic E-state index is 0.0680. The first-order valence-corrected chi connectivity index (χ1v) is 6.11. The first kappa shape index (κ1) is 12.8. The Morgan fingerprint density at radius 1 is 1.56 bits per heavy atom. The van der Waals surface area contributed by atoms with Crippen LogP contribution in [0.15, 0.2) is 12.4 Å². The fourth-order valence-corrected chi connectivity index (χ4v) is 2.13. The van der Waals surface area contributed by atoms with Crippen molar-refractivity contribution in [2.75, 3.05) is 32.0 Å². The Bertz CT molecular complexity index is 407. The Hall–Kier alpha value is -1.69. The molecule has 0 aliphatic carbocycles. The number of hydrogen-bond acceptors (Lipinski definition) is 5. The number of likely N-dealkylation sites (N-methyl/N-ethyl adjacent to an activating group) is 1. The van der Waals surface area contributed by atoms with E-state index in [-0.39, 0.29) is 6.42 Å². The van der Waals surface area contributed by atoms with Crippen LogP contribution in [-0.2, 0) is 4.79 Å². The zero-order chi connectivity index (χ0) is 13.0. The van der Waals surface area contributed by atoms with Gasteiger partial charge in [0.05, 0.1) is 6.42 Å². The molecular weight excluding hydrogens is 232 g/mol. The van der Waals surface area contributed by atoms with E-state index in [9.17, 15) is 4.79 Å². The van der Waals surface area contributed by atoms with Crippen molar-refractivity contribution in [1.82, 2.24) is 14.9 Å². The molecule has 0 bridgehead atoms. The van der Waals surface area contributed by atoms with Gasteiger partial charge in [-0.3, -0.25) is 4.79 Å². The predicted octanol–water partition coefficient (Wildman–Crippen LogP) is 0.782. The Balaban J connectivity index is 1.87. The van der Waals surface area contributed by atoms with Crippen molar-refractivity contribution >= 4 is 11.9 Å². The number of anilines is 1. The van der Waals surface area contributed by atoms with Gasteiger partial charge in [-0.25, -0.2) is 9.97 Å². The first-order valence-electron chi connectivity index (χ1n) is 6.11. The van der Waals surface area contributed by atoms with Gasteiger partial charge < -0.3 is 15.3 Å². The number of aromatic nitrogens is 2. The topological polar surface area (TPSA) is 78.4 Å². The van der Waals surface area contributed by atoms with Crippen molar-refractivity contribution in [2.45, 2.75) is 18.8 Å². The highest BCUT2D eigenvalue weighted by Crippen LogP contribution is 2.25. The molecule has 2 heterocycles. The lowest BCUT2D eigenvalue weighted by atomic mass is 10.0. The normalized spacial score (nSPS) is 19.9. The molecule has 0 amide bonds. The van der Waals surface area contributed by atoms with Gasteiger partial charge >= 0.3 is 5.97 Å². The summed E-state index contributed by atoms with van der Waals surface area (Å²) in [4.78, 5) is 21.1. The maximum Gasteiger partial charge on any atom is 0.305 e. The van der Waals surface area contributed by atoms with Gasteiger partial charge in [0.2, 0.25) is 5.95 Å². The second-order valence-corrected chi connectivity index (χ2v) is 4.66. The number of nitrogens with one attached hydrogen (secondary N) is 1. The number of nitrogens with zero attached hydrogens (tertiary/aromatic N) is 3. The molecule has 18 heavy (non-hydrogen) atoms. The van der Waals surface area contributed by atoms with Gasteiger partial charge in [0.1, 0.15) is 0 Å². The second kappa shape index (κ2) is 5.77. The molecule has 1 atom stereocenters. The number of hydrogen-bond donors (Lipinski definition) is 2. The third-order valence-electron chi connectivity index (χ3n) is 3.16. The highest BCUT2D eigenvalue weighted by Gasteiger charge is 2.21. The van der Waals surface area contributed by atoms with Gasteiger partial charge in [-0.1, -0.05) is 0 Å². The molecule has 1 unspecified atom stereocenters. The molecule has 1 fully saturated rings. The van der Waals surface area contributed by atoms with E-state index in [2.05, 4.69) is 27.2 Å². The summed E-state index contributed by atoms with van der Waals surface area (Å²) >= 11 is 0. The zero-order valence-corrected chi connectivity index (χ0v) is 10.5. The maximum atomic E-state index is 10.4. The number of carboxylic acids is 1. The van der Waals surface area contributed by atoms with E-state index in [1.165, 1.54) is 0 Å². The van der Waals surface area contributed by atoms with E-state index in [0.717, 1.165) is 25.1 Å². The number of carbonyl (C=O) groups is 1. The number of likely N-dealkylation sites (tertiary alicyclic amines) is 1. The van der Waals surface area contributed by atoms with Crippen LogP contribution >= 0.6 is 0 Å². The van der Waals surface area contributed by atoms with Crippen molar-refractivity contribution in [2.24, 2.45) is 0 Å².